The second kappa shape index (κ2) is 7.61. The minimum absolute atomic E-state index is 0.00102. The quantitative estimate of drug-likeness (QED) is 0.738. The normalized spacial score (nSPS) is 16.8. The molecule has 0 fully saturated rings. The largest absolute Gasteiger partial charge is 0.364 e. The summed E-state index contributed by atoms with van der Waals surface area (Å²) in [5, 5.41) is 0. The Morgan fingerprint density at radius 2 is 2.04 bits per heavy atom. The Bertz CT molecular complexity index is 712. The van der Waals surface area contributed by atoms with Crippen LogP contribution in [0.1, 0.15) is 49.8 Å². The lowest BCUT2D eigenvalue weighted by Crippen LogP contribution is -2.36. The standard InChI is InChI=1S/C21H24FNO/c1-2-3-10-19(24)15-21-20-11-5-4-7-16(20)12-13-23(21)18-9-6-8-17(22)14-18/h4-9,11,14,21H,2-3,10,12-13,15H2,1H3. The number of ketones is 1. The third-order valence-corrected chi connectivity index (χ3v) is 4.78. The summed E-state index contributed by atoms with van der Waals surface area (Å²) in [6.45, 7) is 2.91. The third kappa shape index (κ3) is 3.66. The molecule has 3 rings (SSSR count). The fraction of sp³-hybridized carbons (Fsp3) is 0.381. The molecule has 2 aromatic carbocycles. The van der Waals surface area contributed by atoms with E-state index in [1.165, 1.54) is 17.2 Å². The van der Waals surface area contributed by atoms with Crippen molar-refractivity contribution < 1.29 is 9.18 Å². The van der Waals surface area contributed by atoms with Crippen LogP contribution in [0.3, 0.4) is 0 Å². The SMILES string of the molecule is CCCCC(=O)CC1c2ccccc2CCN1c1cccc(F)c1. The number of rotatable bonds is 6. The minimum Gasteiger partial charge on any atom is -0.364 e. The van der Waals surface area contributed by atoms with Crippen LogP contribution in [0.15, 0.2) is 48.5 Å². The van der Waals surface area contributed by atoms with Gasteiger partial charge in [-0.25, -0.2) is 4.39 Å². The van der Waals surface area contributed by atoms with Gasteiger partial charge in [-0.2, -0.15) is 0 Å². The molecule has 0 aromatic heterocycles. The monoisotopic (exact) mass is 325 g/mol. The van der Waals surface area contributed by atoms with Crippen LogP contribution in [0, 0.1) is 5.82 Å². The maximum Gasteiger partial charge on any atom is 0.135 e. The van der Waals surface area contributed by atoms with E-state index in [2.05, 4.69) is 24.0 Å². The fourth-order valence-corrected chi connectivity index (χ4v) is 3.53. The van der Waals surface area contributed by atoms with Crippen molar-refractivity contribution in [1.29, 1.82) is 0 Å². The number of Topliss-reactive ketones (excluding diaryl/α,β-unsaturated/α-hetero) is 1. The van der Waals surface area contributed by atoms with Gasteiger partial charge in [0.05, 0.1) is 6.04 Å². The van der Waals surface area contributed by atoms with Crippen molar-refractivity contribution in [2.24, 2.45) is 0 Å². The maximum atomic E-state index is 13.7. The number of fused-ring (bicyclic) bond motifs is 1. The Morgan fingerprint density at radius 3 is 2.83 bits per heavy atom. The van der Waals surface area contributed by atoms with Crippen LogP contribution in [0.2, 0.25) is 0 Å². The molecule has 2 nitrogen and oxygen atoms in total. The van der Waals surface area contributed by atoms with E-state index in [1.54, 1.807) is 12.1 Å². The van der Waals surface area contributed by atoms with Gasteiger partial charge in [-0.05, 0) is 42.2 Å². The Morgan fingerprint density at radius 1 is 1.21 bits per heavy atom. The molecule has 0 amide bonds. The number of unbranched alkanes of at least 4 members (excludes halogenated alkanes) is 1. The molecular formula is C21H24FNO. The number of benzene rings is 2. The Balaban J connectivity index is 1.91. The van der Waals surface area contributed by atoms with E-state index in [9.17, 15) is 9.18 Å². The molecule has 0 N–H and O–H groups in total. The van der Waals surface area contributed by atoms with Crippen molar-refractivity contribution in [1.82, 2.24) is 0 Å². The first-order valence-corrected chi connectivity index (χ1v) is 8.80. The number of hydrogen-bond acceptors (Lipinski definition) is 2. The molecule has 1 aliphatic heterocycles. The van der Waals surface area contributed by atoms with Gasteiger partial charge in [0.25, 0.3) is 0 Å². The average Bonchev–Trinajstić information content (AvgIpc) is 2.60. The summed E-state index contributed by atoms with van der Waals surface area (Å²) in [7, 11) is 0. The van der Waals surface area contributed by atoms with Gasteiger partial charge in [-0.15, -0.1) is 0 Å². The molecule has 1 heterocycles. The van der Waals surface area contributed by atoms with Gasteiger partial charge in [0.15, 0.2) is 0 Å². The number of hydrogen-bond donors (Lipinski definition) is 0. The molecule has 0 saturated carbocycles. The lowest BCUT2D eigenvalue weighted by Gasteiger charge is -2.39. The molecule has 126 valence electrons. The van der Waals surface area contributed by atoms with Gasteiger partial charge in [0.1, 0.15) is 11.6 Å². The second-order valence-electron chi connectivity index (χ2n) is 6.48. The molecule has 0 bridgehead atoms. The van der Waals surface area contributed by atoms with E-state index in [0.29, 0.717) is 18.6 Å². The Labute approximate surface area is 143 Å². The lowest BCUT2D eigenvalue weighted by atomic mass is 9.88. The Hall–Kier alpha value is -2.16. The summed E-state index contributed by atoms with van der Waals surface area (Å²) in [5.41, 5.74) is 3.37. The van der Waals surface area contributed by atoms with E-state index in [-0.39, 0.29) is 11.9 Å². The van der Waals surface area contributed by atoms with Gasteiger partial charge < -0.3 is 4.90 Å². The van der Waals surface area contributed by atoms with E-state index in [4.69, 9.17) is 0 Å². The van der Waals surface area contributed by atoms with Crippen molar-refractivity contribution in [3.05, 3.63) is 65.5 Å². The molecule has 0 aliphatic carbocycles. The summed E-state index contributed by atoms with van der Waals surface area (Å²) in [6.07, 6.45) is 4.01. The highest BCUT2D eigenvalue weighted by molar-refractivity contribution is 5.80. The molecule has 0 saturated heterocycles. The van der Waals surface area contributed by atoms with Crippen molar-refractivity contribution in [3.63, 3.8) is 0 Å². The van der Waals surface area contributed by atoms with Gasteiger partial charge in [0, 0.05) is 25.1 Å². The molecule has 24 heavy (non-hydrogen) atoms. The zero-order valence-electron chi connectivity index (χ0n) is 14.2. The summed E-state index contributed by atoms with van der Waals surface area (Å²) in [6, 6.07) is 15.0. The van der Waals surface area contributed by atoms with Crippen LogP contribution in [0.5, 0.6) is 0 Å². The summed E-state index contributed by atoms with van der Waals surface area (Å²) >= 11 is 0. The molecule has 0 radical (unpaired) electrons. The van der Waals surface area contributed by atoms with E-state index in [1.807, 2.05) is 18.2 Å². The van der Waals surface area contributed by atoms with Crippen molar-refractivity contribution in [3.8, 4) is 0 Å². The third-order valence-electron chi connectivity index (χ3n) is 4.78. The van der Waals surface area contributed by atoms with E-state index in [0.717, 1.165) is 31.5 Å². The number of anilines is 1. The van der Waals surface area contributed by atoms with Gasteiger partial charge in [-0.1, -0.05) is 43.7 Å². The first-order chi connectivity index (χ1) is 11.7. The molecular weight excluding hydrogens is 301 g/mol. The van der Waals surface area contributed by atoms with E-state index >= 15 is 0 Å². The summed E-state index contributed by atoms with van der Waals surface area (Å²) < 4.78 is 13.7. The van der Waals surface area contributed by atoms with Crippen molar-refractivity contribution in [2.45, 2.75) is 45.1 Å². The first-order valence-electron chi connectivity index (χ1n) is 8.80. The molecule has 2 aromatic rings. The predicted octanol–water partition coefficient (Wildman–Crippen LogP) is 5.08. The molecule has 0 spiro atoms. The van der Waals surface area contributed by atoms with Crippen molar-refractivity contribution >= 4 is 11.5 Å². The fourth-order valence-electron chi connectivity index (χ4n) is 3.53. The van der Waals surface area contributed by atoms with Crippen LogP contribution >= 0.6 is 0 Å². The highest BCUT2D eigenvalue weighted by Gasteiger charge is 2.29. The Kier molecular flexibility index (Phi) is 5.29. The van der Waals surface area contributed by atoms with Crippen LogP contribution < -0.4 is 4.90 Å². The predicted molar refractivity (Wildman–Crippen MR) is 95.8 cm³/mol. The minimum atomic E-state index is -0.234. The van der Waals surface area contributed by atoms with Crippen molar-refractivity contribution in [2.75, 3.05) is 11.4 Å². The van der Waals surface area contributed by atoms with Crippen LogP contribution in [-0.4, -0.2) is 12.3 Å². The highest BCUT2D eigenvalue weighted by Crippen LogP contribution is 2.36. The first kappa shape index (κ1) is 16.7. The molecule has 3 heteroatoms. The summed E-state index contributed by atoms with van der Waals surface area (Å²) in [5.74, 6) is 0.0578. The van der Waals surface area contributed by atoms with Gasteiger partial charge in [-0.3, -0.25) is 4.79 Å². The molecule has 1 unspecified atom stereocenters. The zero-order valence-corrected chi connectivity index (χ0v) is 14.2. The lowest BCUT2D eigenvalue weighted by molar-refractivity contribution is -0.119. The van der Waals surface area contributed by atoms with Crippen LogP contribution in [0.25, 0.3) is 0 Å². The number of nitrogens with zero attached hydrogens (tertiary/aromatic N) is 1. The molecule has 1 atom stereocenters. The number of halogens is 1. The second-order valence-corrected chi connectivity index (χ2v) is 6.48. The van der Waals surface area contributed by atoms with Gasteiger partial charge in [0.2, 0.25) is 0 Å². The number of carbonyl (C=O) groups excluding carboxylic acids is 1. The van der Waals surface area contributed by atoms with Crippen LogP contribution in [-0.2, 0) is 11.2 Å². The van der Waals surface area contributed by atoms with E-state index < -0.39 is 0 Å². The number of carbonyl (C=O) groups is 1. The highest BCUT2D eigenvalue weighted by atomic mass is 19.1. The average molecular weight is 325 g/mol. The van der Waals surface area contributed by atoms with Gasteiger partial charge >= 0.3 is 0 Å². The van der Waals surface area contributed by atoms with Crippen LogP contribution in [0.4, 0.5) is 10.1 Å². The summed E-state index contributed by atoms with van der Waals surface area (Å²) in [4.78, 5) is 14.6. The zero-order chi connectivity index (χ0) is 16.9. The topological polar surface area (TPSA) is 20.3 Å². The molecule has 1 aliphatic rings. The maximum absolute atomic E-state index is 13.7. The smallest absolute Gasteiger partial charge is 0.135 e.